The SMILES string of the molecule is Cn1cnc2cc(-c3nc(N4CC5CN(C(=O)OC(C)(C)C)CC5C4)nc4nc[nH]c34)cnc21.[CH2]=[Sr]. The number of carbonyl (C=O) groups is 1. The van der Waals surface area contributed by atoms with Crippen LogP contribution in [0.5, 0.6) is 0 Å². The summed E-state index contributed by atoms with van der Waals surface area (Å²) in [6.07, 6.45) is 4.97. The second-order valence-electron chi connectivity index (χ2n) is 10.2. The number of rotatable bonds is 2. The van der Waals surface area contributed by atoms with Crippen molar-refractivity contribution < 1.29 is 9.53 Å². The minimum atomic E-state index is -0.489. The number of pyridine rings is 1. The number of anilines is 1. The Hall–Kier alpha value is -2.41. The number of hydrogen-bond donors (Lipinski definition) is 1. The van der Waals surface area contributed by atoms with Crippen LogP contribution in [0.3, 0.4) is 0 Å². The van der Waals surface area contributed by atoms with E-state index in [0.29, 0.717) is 36.5 Å². The molecular weight excluding hydrogens is 534 g/mol. The summed E-state index contributed by atoms with van der Waals surface area (Å²) >= 11 is 0.900. The third kappa shape index (κ3) is 4.79. The first kappa shape index (κ1) is 25.2. The molecule has 0 bridgehead atoms. The first-order valence-corrected chi connectivity index (χ1v) is 14.4. The minimum absolute atomic E-state index is 0.234. The number of H-pyrrole nitrogens is 1. The van der Waals surface area contributed by atoms with Gasteiger partial charge in [-0.2, -0.15) is 4.98 Å². The molecule has 1 amide bonds. The second kappa shape index (κ2) is 9.81. The van der Waals surface area contributed by atoms with Gasteiger partial charge in [0.2, 0.25) is 5.95 Å². The number of imidazole rings is 2. The molecule has 4 aromatic heterocycles. The van der Waals surface area contributed by atoms with E-state index < -0.39 is 5.60 Å². The van der Waals surface area contributed by atoms with Gasteiger partial charge in [0.05, 0.1) is 12.7 Å². The van der Waals surface area contributed by atoms with Gasteiger partial charge in [-0.05, 0) is 26.8 Å². The second-order valence-corrected chi connectivity index (χ2v) is 10.2. The predicted octanol–water partition coefficient (Wildman–Crippen LogP) is 2.19. The van der Waals surface area contributed by atoms with Crippen LogP contribution in [0.2, 0.25) is 0 Å². The van der Waals surface area contributed by atoms with Crippen LogP contribution in [0.25, 0.3) is 33.6 Å². The van der Waals surface area contributed by atoms with E-state index in [1.54, 1.807) is 12.7 Å². The molecule has 4 aromatic rings. The molecule has 2 aliphatic heterocycles. The molecule has 0 aliphatic carbocycles. The van der Waals surface area contributed by atoms with Gasteiger partial charge in [0.1, 0.15) is 22.3 Å². The number of likely N-dealkylation sites (tertiary alicyclic amines) is 1. The molecule has 1 N–H and O–H groups in total. The molecule has 12 heteroatoms. The van der Waals surface area contributed by atoms with E-state index >= 15 is 0 Å². The first-order valence-electron chi connectivity index (χ1n) is 12.0. The van der Waals surface area contributed by atoms with E-state index in [1.165, 1.54) is 0 Å². The summed E-state index contributed by atoms with van der Waals surface area (Å²) in [5.74, 6) is 1.37. The van der Waals surface area contributed by atoms with Crippen molar-refractivity contribution in [1.29, 1.82) is 0 Å². The fourth-order valence-electron chi connectivity index (χ4n) is 4.95. The van der Waals surface area contributed by atoms with Gasteiger partial charge in [0.25, 0.3) is 0 Å². The molecule has 2 fully saturated rings. The number of hydrogen-bond acceptors (Lipinski definition) is 8. The average Bonchev–Trinajstić information content (AvgIpc) is 3.61. The molecular formula is C24H29N9O2Sr. The molecule has 2 unspecified atom stereocenters. The van der Waals surface area contributed by atoms with Crippen molar-refractivity contribution in [2.45, 2.75) is 26.4 Å². The summed E-state index contributed by atoms with van der Waals surface area (Å²) in [4.78, 5) is 42.8. The van der Waals surface area contributed by atoms with Gasteiger partial charge in [-0.25, -0.2) is 24.7 Å². The van der Waals surface area contributed by atoms with Crippen molar-refractivity contribution in [3.8, 4) is 11.3 Å². The number of nitrogens with one attached hydrogen (secondary N) is 1. The third-order valence-electron chi connectivity index (χ3n) is 6.52. The number of aromatic nitrogens is 7. The predicted molar refractivity (Wildman–Crippen MR) is 139 cm³/mol. The van der Waals surface area contributed by atoms with Crippen LogP contribution in [-0.4, -0.2) is 121 Å². The molecule has 6 heterocycles. The van der Waals surface area contributed by atoms with Crippen molar-refractivity contribution in [2.24, 2.45) is 18.9 Å². The Morgan fingerprint density at radius 2 is 1.83 bits per heavy atom. The van der Waals surface area contributed by atoms with Crippen LogP contribution in [0.1, 0.15) is 20.8 Å². The fourth-order valence-corrected chi connectivity index (χ4v) is 4.95. The fraction of sp³-hybridized carbons (Fsp3) is 0.458. The van der Waals surface area contributed by atoms with Crippen LogP contribution < -0.4 is 4.90 Å². The monoisotopic (exact) mass is 563 g/mol. The van der Waals surface area contributed by atoms with Crippen LogP contribution in [0.15, 0.2) is 24.9 Å². The summed E-state index contributed by atoms with van der Waals surface area (Å²) in [7, 11) is 1.92. The van der Waals surface area contributed by atoms with Gasteiger partial charge in [-0.3, -0.25) is 0 Å². The summed E-state index contributed by atoms with van der Waals surface area (Å²) in [6.45, 7) is 8.63. The molecule has 11 nitrogen and oxygen atoms in total. The first-order chi connectivity index (χ1) is 17.2. The number of nitrogens with zero attached hydrogens (tertiary/aromatic N) is 8. The van der Waals surface area contributed by atoms with E-state index in [1.807, 2.05) is 49.5 Å². The zero-order chi connectivity index (χ0) is 25.6. The van der Waals surface area contributed by atoms with Gasteiger partial charge in [-0.15, -0.1) is 0 Å². The number of aromatic amines is 1. The van der Waals surface area contributed by atoms with E-state index in [4.69, 9.17) is 14.7 Å². The van der Waals surface area contributed by atoms with Crippen molar-refractivity contribution in [1.82, 2.24) is 39.4 Å². The Morgan fingerprint density at radius 3 is 2.53 bits per heavy atom. The quantitative estimate of drug-likeness (QED) is 0.369. The van der Waals surface area contributed by atoms with Crippen LogP contribution in [0, 0.1) is 11.8 Å². The Balaban J connectivity index is 0.00000130. The maximum atomic E-state index is 12.5. The van der Waals surface area contributed by atoms with Gasteiger partial charge in [0, 0.05) is 56.8 Å². The number of amides is 1. The number of aryl methyl sites for hydroxylation is 1. The molecule has 184 valence electrons. The summed E-state index contributed by atoms with van der Waals surface area (Å²) < 4.78 is 10.9. The van der Waals surface area contributed by atoms with Gasteiger partial charge < -0.3 is 24.1 Å². The molecule has 0 saturated carbocycles. The van der Waals surface area contributed by atoms with E-state index in [-0.39, 0.29) is 6.09 Å². The summed E-state index contributed by atoms with van der Waals surface area (Å²) in [5, 5.41) is 0. The molecule has 0 aromatic carbocycles. The van der Waals surface area contributed by atoms with Gasteiger partial charge >= 0.3 is 50.3 Å². The average molecular weight is 563 g/mol. The molecule has 6 rings (SSSR count). The van der Waals surface area contributed by atoms with E-state index in [9.17, 15) is 4.79 Å². The Bertz CT molecular complexity index is 1410. The van der Waals surface area contributed by atoms with E-state index in [0.717, 1.165) is 83.7 Å². The number of carbonyl (C=O) groups excluding carboxylic acids is 1. The molecule has 2 aliphatic rings. The summed E-state index contributed by atoms with van der Waals surface area (Å²) in [5.41, 5.74) is 4.15. The summed E-state index contributed by atoms with van der Waals surface area (Å²) in [6, 6.07) is 1.99. The molecule has 0 spiro atoms. The zero-order valence-corrected chi connectivity index (χ0v) is 24.6. The zero-order valence-electron chi connectivity index (χ0n) is 21.1. The Labute approximate surface area is 238 Å². The van der Waals surface area contributed by atoms with Crippen molar-refractivity contribution in [3.63, 3.8) is 0 Å². The standard InChI is InChI=1S/C23H27N9O2.CH2.Sr/c1-23(2,3)34-22(33)32-9-14-7-31(8-15(14)10-32)21-28-17(18-19(29-21)26-11-25-18)13-5-16-20(24-6-13)30(4)12-27-16;;/h5-6,11-12,14-15H,7-10H2,1-4H3,(H,25,26,28,29);1H2;. The van der Waals surface area contributed by atoms with Gasteiger partial charge in [-0.1, -0.05) is 0 Å². The van der Waals surface area contributed by atoms with Gasteiger partial charge in [0.15, 0.2) is 11.3 Å². The van der Waals surface area contributed by atoms with Crippen LogP contribution in [0.4, 0.5) is 10.7 Å². The Kier molecular flexibility index (Phi) is 6.88. The molecule has 36 heavy (non-hydrogen) atoms. The van der Waals surface area contributed by atoms with Crippen LogP contribution >= 0.6 is 0 Å². The Morgan fingerprint density at radius 1 is 1.11 bits per heavy atom. The molecule has 2 atom stereocenters. The number of fused-ring (bicyclic) bond motifs is 3. The topological polar surface area (TPSA) is 118 Å². The van der Waals surface area contributed by atoms with Crippen molar-refractivity contribution in [2.75, 3.05) is 31.1 Å². The molecule has 0 radical (unpaired) electrons. The normalized spacial score (nSPS) is 19.5. The number of ether oxygens (including phenoxy) is 1. The van der Waals surface area contributed by atoms with E-state index in [2.05, 4.69) is 26.3 Å². The molecule has 2 saturated heterocycles. The van der Waals surface area contributed by atoms with Crippen molar-refractivity contribution in [3.05, 3.63) is 24.9 Å². The van der Waals surface area contributed by atoms with Crippen LogP contribution in [-0.2, 0) is 11.8 Å². The van der Waals surface area contributed by atoms with Crippen molar-refractivity contribution >= 4 is 78.5 Å². The third-order valence-corrected chi connectivity index (χ3v) is 6.52. The maximum absolute atomic E-state index is 12.5.